The number of carbonyl (C=O) groups is 1. The summed E-state index contributed by atoms with van der Waals surface area (Å²) in [5, 5.41) is 14.0. The summed E-state index contributed by atoms with van der Waals surface area (Å²) in [7, 11) is 1.60. The van der Waals surface area contributed by atoms with Gasteiger partial charge in [-0.25, -0.2) is 0 Å². The Balaban J connectivity index is 2.27. The van der Waals surface area contributed by atoms with Gasteiger partial charge in [0, 0.05) is 12.1 Å². The van der Waals surface area contributed by atoms with Crippen LogP contribution in [-0.2, 0) is 0 Å². The van der Waals surface area contributed by atoms with Crippen molar-refractivity contribution >= 4 is 23.2 Å². The van der Waals surface area contributed by atoms with Gasteiger partial charge in [-0.15, -0.1) is 0 Å². The number of non-ortho nitro benzene ring substituents is 1. The molecule has 1 atom stereocenters. The Morgan fingerprint density at radius 3 is 2.60 bits per heavy atom. The molecule has 2 aromatic carbocycles. The number of nitrogens with zero attached hydrogens (tertiary/aromatic N) is 1. The normalized spacial score (nSPS) is 11.7. The van der Waals surface area contributed by atoms with E-state index in [9.17, 15) is 14.9 Å². The molecule has 2 rings (SSSR count). The molecule has 0 aliphatic rings. The number of halogens is 1. The summed E-state index contributed by atoms with van der Waals surface area (Å²) in [6, 6.07) is 9.24. The Morgan fingerprint density at radius 1 is 1.32 bits per heavy atom. The van der Waals surface area contributed by atoms with Crippen LogP contribution < -0.4 is 10.1 Å². The first-order valence-corrected chi connectivity index (χ1v) is 8.14. The number of carbonyl (C=O) groups excluding carboxylic acids is 1. The molecule has 25 heavy (non-hydrogen) atoms. The molecule has 0 bridgehead atoms. The van der Waals surface area contributed by atoms with Gasteiger partial charge >= 0.3 is 0 Å². The van der Waals surface area contributed by atoms with Crippen LogP contribution in [0.3, 0.4) is 0 Å². The maximum absolute atomic E-state index is 12.5. The SMILES string of the molecule is CC[C@@H](NC(=O)c1cc([N+](=O)[O-])ccc1Cl)c1ccc(OC)c(C)c1. The molecule has 1 N–H and O–H groups in total. The summed E-state index contributed by atoms with van der Waals surface area (Å²) in [6.07, 6.45) is 0.657. The van der Waals surface area contributed by atoms with E-state index in [-0.39, 0.29) is 22.3 Å². The van der Waals surface area contributed by atoms with Crippen molar-refractivity contribution in [2.75, 3.05) is 7.11 Å². The lowest BCUT2D eigenvalue weighted by atomic mass is 10.0. The maximum Gasteiger partial charge on any atom is 0.270 e. The van der Waals surface area contributed by atoms with Crippen molar-refractivity contribution in [2.45, 2.75) is 26.3 Å². The third-order valence-electron chi connectivity index (χ3n) is 3.94. The maximum atomic E-state index is 12.5. The molecular weight excluding hydrogens is 344 g/mol. The molecule has 0 heterocycles. The number of rotatable bonds is 6. The van der Waals surface area contributed by atoms with Crippen LogP contribution in [0.25, 0.3) is 0 Å². The number of hydrogen-bond donors (Lipinski definition) is 1. The fraction of sp³-hybridized carbons (Fsp3) is 0.278. The van der Waals surface area contributed by atoms with Crippen LogP contribution in [0.5, 0.6) is 5.75 Å². The van der Waals surface area contributed by atoms with Gasteiger partial charge in [-0.2, -0.15) is 0 Å². The summed E-state index contributed by atoms with van der Waals surface area (Å²) in [6.45, 7) is 3.87. The average Bonchev–Trinajstić information content (AvgIpc) is 2.59. The van der Waals surface area contributed by atoms with Crippen LogP contribution in [0.15, 0.2) is 36.4 Å². The van der Waals surface area contributed by atoms with Crippen LogP contribution in [-0.4, -0.2) is 17.9 Å². The zero-order valence-corrected chi connectivity index (χ0v) is 15.0. The van der Waals surface area contributed by atoms with Crippen molar-refractivity contribution in [1.29, 1.82) is 0 Å². The van der Waals surface area contributed by atoms with Gasteiger partial charge in [-0.1, -0.05) is 30.7 Å². The van der Waals surface area contributed by atoms with Crippen molar-refractivity contribution in [3.8, 4) is 5.75 Å². The summed E-state index contributed by atoms with van der Waals surface area (Å²) in [5.41, 5.74) is 1.79. The number of hydrogen-bond acceptors (Lipinski definition) is 4. The highest BCUT2D eigenvalue weighted by molar-refractivity contribution is 6.33. The number of benzene rings is 2. The molecule has 0 radical (unpaired) electrons. The van der Waals surface area contributed by atoms with E-state index in [1.807, 2.05) is 32.0 Å². The van der Waals surface area contributed by atoms with Gasteiger partial charge in [0.15, 0.2) is 0 Å². The number of amides is 1. The summed E-state index contributed by atoms with van der Waals surface area (Å²) in [4.78, 5) is 22.9. The molecule has 0 spiro atoms. The van der Waals surface area contributed by atoms with Gasteiger partial charge in [0.2, 0.25) is 0 Å². The first kappa shape index (κ1) is 18.7. The molecular formula is C18H19ClN2O4. The molecule has 7 heteroatoms. The number of nitro groups is 1. The molecule has 0 aliphatic heterocycles. The fourth-order valence-electron chi connectivity index (χ4n) is 2.58. The number of nitrogens with one attached hydrogen (secondary N) is 1. The molecule has 0 aliphatic carbocycles. The van der Waals surface area contributed by atoms with E-state index in [0.717, 1.165) is 16.9 Å². The second kappa shape index (κ2) is 7.98. The summed E-state index contributed by atoms with van der Waals surface area (Å²) < 4.78 is 5.25. The minimum atomic E-state index is -0.558. The molecule has 0 unspecified atom stereocenters. The zero-order chi connectivity index (χ0) is 18.6. The quantitative estimate of drug-likeness (QED) is 0.608. The van der Waals surface area contributed by atoms with Crippen molar-refractivity contribution in [3.63, 3.8) is 0 Å². The first-order valence-electron chi connectivity index (χ1n) is 7.76. The van der Waals surface area contributed by atoms with Gasteiger partial charge in [-0.05, 0) is 36.6 Å². The van der Waals surface area contributed by atoms with Crippen LogP contribution in [0.2, 0.25) is 5.02 Å². The second-order valence-corrected chi connectivity index (χ2v) is 5.99. The minimum absolute atomic E-state index is 0.0829. The van der Waals surface area contributed by atoms with Crippen molar-refractivity contribution in [1.82, 2.24) is 5.32 Å². The number of aryl methyl sites for hydroxylation is 1. The minimum Gasteiger partial charge on any atom is -0.496 e. The van der Waals surface area contributed by atoms with E-state index in [1.165, 1.54) is 18.2 Å². The van der Waals surface area contributed by atoms with E-state index in [4.69, 9.17) is 16.3 Å². The van der Waals surface area contributed by atoms with E-state index >= 15 is 0 Å². The van der Waals surface area contributed by atoms with Crippen LogP contribution in [0, 0.1) is 17.0 Å². The van der Waals surface area contributed by atoms with E-state index in [0.29, 0.717) is 6.42 Å². The lowest BCUT2D eigenvalue weighted by molar-refractivity contribution is -0.384. The van der Waals surface area contributed by atoms with E-state index < -0.39 is 10.8 Å². The highest BCUT2D eigenvalue weighted by Gasteiger charge is 2.19. The Bertz CT molecular complexity index is 808. The molecule has 0 fully saturated rings. The summed E-state index contributed by atoms with van der Waals surface area (Å²) in [5.74, 6) is 0.320. The Morgan fingerprint density at radius 2 is 2.04 bits per heavy atom. The molecule has 132 valence electrons. The van der Waals surface area contributed by atoms with Gasteiger partial charge in [0.25, 0.3) is 11.6 Å². The largest absolute Gasteiger partial charge is 0.496 e. The topological polar surface area (TPSA) is 81.5 Å². The highest BCUT2D eigenvalue weighted by Crippen LogP contribution is 2.26. The predicted molar refractivity (Wildman–Crippen MR) is 96.3 cm³/mol. The number of methoxy groups -OCH3 is 1. The molecule has 1 amide bonds. The number of ether oxygens (including phenoxy) is 1. The van der Waals surface area contributed by atoms with Gasteiger partial charge in [0.1, 0.15) is 5.75 Å². The van der Waals surface area contributed by atoms with Crippen molar-refractivity contribution in [3.05, 3.63) is 68.2 Å². The Labute approximate surface area is 150 Å². The third kappa shape index (κ3) is 4.28. The second-order valence-electron chi connectivity index (χ2n) is 5.58. The van der Waals surface area contributed by atoms with E-state index in [2.05, 4.69) is 5.32 Å². The van der Waals surface area contributed by atoms with Crippen molar-refractivity contribution in [2.24, 2.45) is 0 Å². The first-order chi connectivity index (χ1) is 11.9. The number of nitro benzene ring substituents is 1. The molecule has 0 aromatic heterocycles. The zero-order valence-electron chi connectivity index (χ0n) is 14.2. The lowest BCUT2D eigenvalue weighted by Crippen LogP contribution is -2.28. The molecule has 0 saturated heterocycles. The van der Waals surface area contributed by atoms with Crippen LogP contribution in [0.1, 0.15) is 40.9 Å². The molecule has 0 saturated carbocycles. The smallest absolute Gasteiger partial charge is 0.270 e. The van der Waals surface area contributed by atoms with Crippen LogP contribution >= 0.6 is 11.6 Å². The van der Waals surface area contributed by atoms with Gasteiger partial charge in [-0.3, -0.25) is 14.9 Å². The average molecular weight is 363 g/mol. The van der Waals surface area contributed by atoms with Crippen LogP contribution in [0.4, 0.5) is 5.69 Å². The molecule has 2 aromatic rings. The Kier molecular flexibility index (Phi) is 5.98. The highest BCUT2D eigenvalue weighted by atomic mass is 35.5. The van der Waals surface area contributed by atoms with Gasteiger partial charge in [0.05, 0.1) is 28.7 Å². The van der Waals surface area contributed by atoms with Crippen molar-refractivity contribution < 1.29 is 14.5 Å². The summed E-state index contributed by atoms with van der Waals surface area (Å²) >= 11 is 6.03. The molecule has 6 nitrogen and oxygen atoms in total. The predicted octanol–water partition coefficient (Wildman–Crippen LogP) is 4.45. The standard InChI is InChI=1S/C18H19ClN2O4/c1-4-16(12-5-8-17(25-3)11(2)9-12)20-18(22)14-10-13(21(23)24)6-7-15(14)19/h5-10,16H,4H2,1-3H3,(H,20,22)/t16-/m1/s1. The monoisotopic (exact) mass is 362 g/mol. The fourth-order valence-corrected chi connectivity index (χ4v) is 2.78. The lowest BCUT2D eigenvalue weighted by Gasteiger charge is -2.19. The van der Waals surface area contributed by atoms with Gasteiger partial charge < -0.3 is 10.1 Å². The third-order valence-corrected chi connectivity index (χ3v) is 4.27. The Hall–Kier alpha value is -2.60. The van der Waals surface area contributed by atoms with E-state index in [1.54, 1.807) is 7.11 Å².